The molecular formula is C20H30N2O3. The van der Waals surface area contributed by atoms with Crippen molar-refractivity contribution in [3.05, 3.63) is 35.9 Å². The first-order chi connectivity index (χ1) is 12.2. The Morgan fingerprint density at radius 2 is 2.08 bits per heavy atom. The van der Waals surface area contributed by atoms with Gasteiger partial charge in [-0.05, 0) is 31.2 Å². The molecule has 0 radical (unpaired) electrons. The van der Waals surface area contributed by atoms with Crippen LogP contribution in [0.15, 0.2) is 30.3 Å². The Balaban J connectivity index is 1.47. The predicted molar refractivity (Wildman–Crippen MR) is 97.4 cm³/mol. The highest BCUT2D eigenvalue weighted by Crippen LogP contribution is 2.36. The van der Waals surface area contributed by atoms with Crippen LogP contribution >= 0.6 is 0 Å². The summed E-state index contributed by atoms with van der Waals surface area (Å²) in [7, 11) is 0. The summed E-state index contributed by atoms with van der Waals surface area (Å²) in [6, 6.07) is 10.4. The summed E-state index contributed by atoms with van der Waals surface area (Å²) in [4.78, 5) is 14.0. The minimum absolute atomic E-state index is 0.0596. The van der Waals surface area contributed by atoms with E-state index >= 15 is 0 Å². The summed E-state index contributed by atoms with van der Waals surface area (Å²) in [5.74, 6) is 0. The van der Waals surface area contributed by atoms with Crippen molar-refractivity contribution in [1.82, 2.24) is 10.2 Å². The van der Waals surface area contributed by atoms with Crippen molar-refractivity contribution < 1.29 is 14.3 Å². The molecule has 2 amide bonds. The van der Waals surface area contributed by atoms with E-state index in [4.69, 9.17) is 9.47 Å². The van der Waals surface area contributed by atoms with Gasteiger partial charge in [0.2, 0.25) is 0 Å². The Morgan fingerprint density at radius 1 is 1.32 bits per heavy atom. The van der Waals surface area contributed by atoms with Crippen LogP contribution in [0.3, 0.4) is 0 Å². The van der Waals surface area contributed by atoms with Gasteiger partial charge >= 0.3 is 6.03 Å². The highest BCUT2D eigenvalue weighted by atomic mass is 16.5. The van der Waals surface area contributed by atoms with Crippen LogP contribution in [0.4, 0.5) is 4.79 Å². The lowest BCUT2D eigenvalue weighted by molar-refractivity contribution is -0.154. The summed E-state index contributed by atoms with van der Waals surface area (Å²) in [6.45, 7) is 5.75. The Kier molecular flexibility index (Phi) is 6.32. The smallest absolute Gasteiger partial charge is 0.317 e. The average molecular weight is 346 g/mol. The predicted octanol–water partition coefficient (Wildman–Crippen LogP) is 3.34. The number of urea groups is 1. The molecule has 2 aliphatic heterocycles. The fraction of sp³-hybridized carbons (Fsp3) is 0.650. The number of carbonyl (C=O) groups is 1. The van der Waals surface area contributed by atoms with Gasteiger partial charge in [-0.3, -0.25) is 0 Å². The van der Waals surface area contributed by atoms with Crippen molar-refractivity contribution >= 4 is 6.03 Å². The molecule has 0 aliphatic carbocycles. The van der Waals surface area contributed by atoms with E-state index in [1.807, 2.05) is 23.1 Å². The molecule has 5 heteroatoms. The highest BCUT2D eigenvalue weighted by Gasteiger charge is 2.41. The monoisotopic (exact) mass is 346 g/mol. The Morgan fingerprint density at radius 3 is 2.80 bits per heavy atom. The second kappa shape index (κ2) is 8.68. The average Bonchev–Trinajstić information content (AvgIpc) is 2.66. The second-order valence-electron chi connectivity index (χ2n) is 7.16. The van der Waals surface area contributed by atoms with Crippen molar-refractivity contribution in [2.75, 3.05) is 26.2 Å². The topological polar surface area (TPSA) is 50.8 Å². The number of rotatable bonds is 5. The van der Waals surface area contributed by atoms with Crippen LogP contribution < -0.4 is 5.32 Å². The van der Waals surface area contributed by atoms with Crippen LogP contribution in [0.1, 0.15) is 44.6 Å². The molecule has 25 heavy (non-hydrogen) atoms. The number of hydrogen-bond donors (Lipinski definition) is 1. The fourth-order valence-corrected chi connectivity index (χ4v) is 3.72. The molecule has 1 unspecified atom stereocenters. The molecule has 2 aliphatic rings. The summed E-state index contributed by atoms with van der Waals surface area (Å²) in [5, 5.41) is 2.96. The molecule has 1 spiro atoms. The lowest BCUT2D eigenvalue weighted by Gasteiger charge is -2.46. The number of piperidine rings is 1. The molecular weight excluding hydrogens is 316 g/mol. The fourth-order valence-electron chi connectivity index (χ4n) is 3.72. The number of carbonyl (C=O) groups excluding carboxylic acids is 1. The number of hydrogen-bond acceptors (Lipinski definition) is 3. The summed E-state index contributed by atoms with van der Waals surface area (Å²) >= 11 is 0. The van der Waals surface area contributed by atoms with E-state index in [0.717, 1.165) is 58.3 Å². The van der Waals surface area contributed by atoms with Crippen LogP contribution in [0.5, 0.6) is 0 Å². The molecule has 5 nitrogen and oxygen atoms in total. The maximum atomic E-state index is 12.1. The molecule has 2 heterocycles. The zero-order valence-electron chi connectivity index (χ0n) is 15.2. The molecule has 3 rings (SSSR count). The largest absolute Gasteiger partial charge is 0.375 e. The second-order valence-corrected chi connectivity index (χ2v) is 7.16. The first-order valence-electron chi connectivity index (χ1n) is 9.53. The van der Waals surface area contributed by atoms with Crippen LogP contribution in [-0.4, -0.2) is 48.9 Å². The summed E-state index contributed by atoms with van der Waals surface area (Å²) in [5.41, 5.74) is 1.10. The summed E-state index contributed by atoms with van der Waals surface area (Å²) in [6.07, 6.45) is 4.90. The standard InChI is InChI=1S/C20H30N2O3/c1-2-11-21-19(23)22-12-9-20(10-13-22)15-18(8-14-25-20)24-16-17-6-4-3-5-7-17/h3-7,18H,2,8-16H2,1H3,(H,21,23). The Labute approximate surface area is 150 Å². The molecule has 1 atom stereocenters. The molecule has 2 fully saturated rings. The van der Waals surface area contributed by atoms with E-state index in [0.29, 0.717) is 6.61 Å². The molecule has 1 N–H and O–H groups in total. The van der Waals surface area contributed by atoms with Gasteiger partial charge in [-0.15, -0.1) is 0 Å². The third-order valence-electron chi connectivity index (χ3n) is 5.26. The number of ether oxygens (including phenoxy) is 2. The minimum atomic E-state index is -0.110. The van der Waals surface area contributed by atoms with Gasteiger partial charge in [0.05, 0.1) is 18.3 Å². The van der Waals surface area contributed by atoms with Crippen LogP contribution in [-0.2, 0) is 16.1 Å². The van der Waals surface area contributed by atoms with Gasteiger partial charge in [-0.2, -0.15) is 0 Å². The quantitative estimate of drug-likeness (QED) is 0.890. The van der Waals surface area contributed by atoms with Gasteiger partial charge < -0.3 is 19.7 Å². The van der Waals surface area contributed by atoms with Crippen molar-refractivity contribution in [2.45, 2.75) is 57.3 Å². The van der Waals surface area contributed by atoms with E-state index in [-0.39, 0.29) is 17.7 Å². The maximum Gasteiger partial charge on any atom is 0.317 e. The van der Waals surface area contributed by atoms with Crippen LogP contribution in [0, 0.1) is 0 Å². The molecule has 0 aromatic heterocycles. The zero-order valence-corrected chi connectivity index (χ0v) is 15.2. The summed E-state index contributed by atoms with van der Waals surface area (Å²) < 4.78 is 12.3. The van der Waals surface area contributed by atoms with Crippen LogP contribution in [0.2, 0.25) is 0 Å². The minimum Gasteiger partial charge on any atom is -0.375 e. The lowest BCUT2D eigenvalue weighted by atomic mass is 9.83. The molecule has 1 aromatic carbocycles. The van der Waals surface area contributed by atoms with Gasteiger partial charge in [0.15, 0.2) is 0 Å². The lowest BCUT2D eigenvalue weighted by Crippen LogP contribution is -2.53. The van der Waals surface area contributed by atoms with Crippen LogP contribution in [0.25, 0.3) is 0 Å². The van der Waals surface area contributed by atoms with E-state index in [1.54, 1.807) is 0 Å². The first-order valence-corrected chi connectivity index (χ1v) is 9.53. The Bertz CT molecular complexity index is 541. The number of amides is 2. The van der Waals surface area contributed by atoms with Gasteiger partial charge in [0.25, 0.3) is 0 Å². The van der Waals surface area contributed by atoms with Gasteiger partial charge in [0.1, 0.15) is 0 Å². The van der Waals surface area contributed by atoms with Crippen molar-refractivity contribution in [1.29, 1.82) is 0 Å². The van der Waals surface area contributed by atoms with Crippen molar-refractivity contribution in [3.8, 4) is 0 Å². The Hall–Kier alpha value is -1.59. The maximum absolute atomic E-state index is 12.1. The third-order valence-corrected chi connectivity index (χ3v) is 5.26. The normalized spacial score (nSPS) is 22.8. The highest BCUT2D eigenvalue weighted by molar-refractivity contribution is 5.74. The molecule has 138 valence electrons. The molecule has 0 saturated carbocycles. The van der Waals surface area contributed by atoms with E-state index in [2.05, 4.69) is 24.4 Å². The van der Waals surface area contributed by atoms with Gasteiger partial charge in [0, 0.05) is 32.7 Å². The van der Waals surface area contributed by atoms with Gasteiger partial charge in [-0.25, -0.2) is 4.79 Å². The number of likely N-dealkylation sites (tertiary alicyclic amines) is 1. The number of nitrogens with one attached hydrogen (secondary N) is 1. The number of benzene rings is 1. The molecule has 1 aromatic rings. The van der Waals surface area contributed by atoms with Crippen molar-refractivity contribution in [2.24, 2.45) is 0 Å². The third kappa shape index (κ3) is 4.95. The molecule has 2 saturated heterocycles. The van der Waals surface area contributed by atoms with E-state index in [9.17, 15) is 4.79 Å². The molecule has 0 bridgehead atoms. The van der Waals surface area contributed by atoms with E-state index < -0.39 is 0 Å². The van der Waals surface area contributed by atoms with E-state index in [1.165, 1.54) is 5.56 Å². The number of nitrogens with zero attached hydrogens (tertiary/aromatic N) is 1. The van der Waals surface area contributed by atoms with Crippen molar-refractivity contribution in [3.63, 3.8) is 0 Å². The first kappa shape index (κ1) is 18.2. The SMILES string of the molecule is CCCNC(=O)N1CCC2(CC1)CC(OCc1ccccc1)CCO2. The van der Waals surface area contributed by atoms with Gasteiger partial charge in [-0.1, -0.05) is 37.3 Å². The zero-order chi connectivity index (χ0) is 17.5.